The van der Waals surface area contributed by atoms with Gasteiger partial charge in [0.2, 0.25) is 0 Å². The Balaban J connectivity index is 1.91. The Hall–Kier alpha value is -2.28. The third kappa shape index (κ3) is 2.96. The molecular formula is C16H17F2N3O2. The van der Waals surface area contributed by atoms with Crippen LogP contribution >= 0.6 is 0 Å². The van der Waals surface area contributed by atoms with Crippen molar-refractivity contribution in [2.24, 2.45) is 0 Å². The maximum Gasteiger partial charge on any atom is 0.257 e. The van der Waals surface area contributed by atoms with Gasteiger partial charge in [0, 0.05) is 19.2 Å². The molecule has 1 aromatic carbocycles. The summed E-state index contributed by atoms with van der Waals surface area (Å²) in [6.07, 6.45) is 1.40. The highest BCUT2D eigenvalue weighted by atomic mass is 19.1. The second-order valence-electron chi connectivity index (χ2n) is 5.58. The van der Waals surface area contributed by atoms with Crippen LogP contribution < -0.4 is 0 Å². The number of benzene rings is 1. The Labute approximate surface area is 132 Å². The average Bonchev–Trinajstić information content (AvgIpc) is 2.88. The van der Waals surface area contributed by atoms with Crippen LogP contribution in [0.3, 0.4) is 0 Å². The molecule has 0 unspecified atom stereocenters. The second-order valence-corrected chi connectivity index (χ2v) is 5.58. The normalized spacial score (nSPS) is 18.3. The molecule has 2 aromatic rings. The molecule has 0 radical (unpaired) electrons. The van der Waals surface area contributed by atoms with Crippen molar-refractivity contribution in [3.63, 3.8) is 0 Å². The van der Waals surface area contributed by atoms with Crippen LogP contribution in [0.15, 0.2) is 24.4 Å². The highest BCUT2D eigenvalue weighted by Crippen LogP contribution is 2.20. The fraction of sp³-hybridized carbons (Fsp3) is 0.375. The first-order chi connectivity index (χ1) is 11.0. The zero-order valence-corrected chi connectivity index (χ0v) is 12.9. The number of carbonyl (C=O) groups is 1. The van der Waals surface area contributed by atoms with Gasteiger partial charge in [-0.2, -0.15) is 5.10 Å². The Morgan fingerprint density at radius 2 is 2.17 bits per heavy atom. The molecule has 1 atom stereocenters. The van der Waals surface area contributed by atoms with Gasteiger partial charge >= 0.3 is 0 Å². The lowest BCUT2D eigenvalue weighted by molar-refractivity contribution is -0.0124. The van der Waals surface area contributed by atoms with Gasteiger partial charge in [0.25, 0.3) is 5.91 Å². The topological polar surface area (TPSA) is 47.4 Å². The van der Waals surface area contributed by atoms with Crippen molar-refractivity contribution in [2.45, 2.75) is 20.0 Å². The Morgan fingerprint density at radius 3 is 2.87 bits per heavy atom. The molecule has 1 fully saturated rings. The molecule has 5 nitrogen and oxygen atoms in total. The van der Waals surface area contributed by atoms with Crippen molar-refractivity contribution in [2.75, 3.05) is 19.7 Å². The largest absolute Gasteiger partial charge is 0.375 e. The number of morpholine rings is 1. The van der Waals surface area contributed by atoms with Gasteiger partial charge in [-0.15, -0.1) is 0 Å². The predicted molar refractivity (Wildman–Crippen MR) is 79.5 cm³/mol. The molecule has 0 N–H and O–H groups in total. The summed E-state index contributed by atoms with van der Waals surface area (Å²) >= 11 is 0. The summed E-state index contributed by atoms with van der Waals surface area (Å²) in [4.78, 5) is 14.3. The average molecular weight is 321 g/mol. The minimum atomic E-state index is -0.727. The van der Waals surface area contributed by atoms with Crippen LogP contribution in [0.4, 0.5) is 8.78 Å². The predicted octanol–water partition coefficient (Wildman–Crippen LogP) is 2.32. The van der Waals surface area contributed by atoms with Crippen molar-refractivity contribution < 1.29 is 18.3 Å². The SMILES string of the molecule is Cc1c(C(=O)N2CCO[C@H](C)C2)cnn1-c1ccc(F)cc1F. The molecule has 7 heteroatoms. The van der Waals surface area contributed by atoms with Crippen LogP contribution in [0.1, 0.15) is 23.0 Å². The maximum atomic E-state index is 13.9. The van der Waals surface area contributed by atoms with Gasteiger partial charge in [-0.25, -0.2) is 13.5 Å². The summed E-state index contributed by atoms with van der Waals surface area (Å²) in [6, 6.07) is 3.25. The van der Waals surface area contributed by atoms with Gasteiger partial charge in [0.1, 0.15) is 11.5 Å². The highest BCUT2D eigenvalue weighted by molar-refractivity contribution is 5.95. The van der Waals surface area contributed by atoms with Gasteiger partial charge < -0.3 is 9.64 Å². The zero-order chi connectivity index (χ0) is 16.6. The molecule has 1 amide bonds. The van der Waals surface area contributed by atoms with Crippen molar-refractivity contribution >= 4 is 5.91 Å². The number of amides is 1. The molecular weight excluding hydrogens is 304 g/mol. The van der Waals surface area contributed by atoms with Crippen LogP contribution in [-0.2, 0) is 4.74 Å². The molecule has 1 aromatic heterocycles. The van der Waals surface area contributed by atoms with Gasteiger partial charge in [-0.1, -0.05) is 0 Å². The van der Waals surface area contributed by atoms with Crippen LogP contribution in [-0.4, -0.2) is 46.4 Å². The van der Waals surface area contributed by atoms with E-state index in [1.165, 1.54) is 16.9 Å². The summed E-state index contributed by atoms with van der Waals surface area (Å²) in [5.41, 5.74) is 1.03. The number of carbonyl (C=O) groups excluding carboxylic acids is 1. The molecule has 0 bridgehead atoms. The summed E-state index contributed by atoms with van der Waals surface area (Å²) in [6.45, 7) is 5.11. The van der Waals surface area contributed by atoms with Gasteiger partial charge in [0.05, 0.1) is 30.2 Å². The number of ether oxygens (including phenoxy) is 1. The molecule has 0 aliphatic carbocycles. The summed E-state index contributed by atoms with van der Waals surface area (Å²) in [5.74, 6) is -1.55. The number of aromatic nitrogens is 2. The standard InChI is InChI=1S/C16H17F2N3O2/c1-10-9-20(5-6-23-10)16(22)13-8-19-21(11(13)2)15-4-3-12(17)7-14(15)18/h3-4,7-8,10H,5-6,9H2,1-2H3/t10-/m1/s1. The molecule has 1 aliphatic heterocycles. The molecule has 2 heterocycles. The Morgan fingerprint density at radius 1 is 1.39 bits per heavy atom. The quantitative estimate of drug-likeness (QED) is 0.853. The first kappa shape index (κ1) is 15.6. The number of halogens is 2. The highest BCUT2D eigenvalue weighted by Gasteiger charge is 2.25. The number of rotatable bonds is 2. The van der Waals surface area contributed by atoms with E-state index in [0.29, 0.717) is 31.0 Å². The van der Waals surface area contributed by atoms with Crippen LogP contribution in [0, 0.1) is 18.6 Å². The summed E-state index contributed by atoms with van der Waals surface area (Å²) < 4.78 is 33.7. The van der Waals surface area contributed by atoms with Crippen LogP contribution in [0.5, 0.6) is 0 Å². The number of hydrogen-bond donors (Lipinski definition) is 0. The first-order valence-corrected chi connectivity index (χ1v) is 7.38. The third-order valence-corrected chi connectivity index (χ3v) is 3.91. The van der Waals surface area contributed by atoms with E-state index in [4.69, 9.17) is 4.74 Å². The fourth-order valence-corrected chi connectivity index (χ4v) is 2.69. The summed E-state index contributed by atoms with van der Waals surface area (Å²) in [5, 5.41) is 4.09. The fourth-order valence-electron chi connectivity index (χ4n) is 2.69. The molecule has 1 saturated heterocycles. The molecule has 23 heavy (non-hydrogen) atoms. The van der Waals surface area contributed by atoms with E-state index in [-0.39, 0.29) is 17.7 Å². The van der Waals surface area contributed by atoms with E-state index >= 15 is 0 Å². The van der Waals surface area contributed by atoms with E-state index in [1.807, 2.05) is 6.92 Å². The van der Waals surface area contributed by atoms with Crippen molar-refractivity contribution in [3.8, 4) is 5.69 Å². The first-order valence-electron chi connectivity index (χ1n) is 7.38. The van der Waals surface area contributed by atoms with Crippen molar-refractivity contribution in [3.05, 3.63) is 47.3 Å². The zero-order valence-electron chi connectivity index (χ0n) is 12.9. The lowest BCUT2D eigenvalue weighted by Crippen LogP contribution is -2.44. The molecule has 3 rings (SSSR count). The van der Waals surface area contributed by atoms with Gasteiger partial charge in [0.15, 0.2) is 5.82 Å². The summed E-state index contributed by atoms with van der Waals surface area (Å²) in [7, 11) is 0. The van der Waals surface area contributed by atoms with E-state index in [9.17, 15) is 13.6 Å². The second kappa shape index (κ2) is 6.08. The van der Waals surface area contributed by atoms with Crippen molar-refractivity contribution in [1.29, 1.82) is 0 Å². The lowest BCUT2D eigenvalue weighted by Gasteiger charge is -2.31. The minimum Gasteiger partial charge on any atom is -0.375 e. The third-order valence-electron chi connectivity index (χ3n) is 3.91. The molecule has 122 valence electrons. The van der Waals surface area contributed by atoms with Gasteiger partial charge in [-0.05, 0) is 26.0 Å². The Bertz CT molecular complexity index is 745. The number of hydrogen-bond acceptors (Lipinski definition) is 3. The molecule has 0 spiro atoms. The van der Waals surface area contributed by atoms with Crippen molar-refractivity contribution in [1.82, 2.24) is 14.7 Å². The molecule has 1 aliphatic rings. The van der Waals surface area contributed by atoms with Crippen LogP contribution in [0.25, 0.3) is 5.69 Å². The Kier molecular flexibility index (Phi) is 4.12. The molecule has 0 saturated carbocycles. The van der Waals surface area contributed by atoms with Gasteiger partial charge in [-0.3, -0.25) is 4.79 Å². The monoisotopic (exact) mass is 321 g/mol. The minimum absolute atomic E-state index is 0.0161. The van der Waals surface area contributed by atoms with E-state index in [0.717, 1.165) is 12.1 Å². The van der Waals surface area contributed by atoms with Crippen LogP contribution in [0.2, 0.25) is 0 Å². The lowest BCUT2D eigenvalue weighted by atomic mass is 10.2. The van der Waals surface area contributed by atoms with E-state index in [1.54, 1.807) is 11.8 Å². The smallest absolute Gasteiger partial charge is 0.257 e. The van der Waals surface area contributed by atoms with E-state index < -0.39 is 11.6 Å². The number of nitrogens with zero attached hydrogens (tertiary/aromatic N) is 3. The van der Waals surface area contributed by atoms with E-state index in [2.05, 4.69) is 5.10 Å². The maximum absolute atomic E-state index is 13.9.